The lowest BCUT2D eigenvalue weighted by Gasteiger charge is -2.29. The van der Waals surface area contributed by atoms with Crippen LogP contribution in [0.25, 0.3) is 0 Å². The van der Waals surface area contributed by atoms with Crippen molar-refractivity contribution in [2.75, 3.05) is 6.61 Å². The summed E-state index contributed by atoms with van der Waals surface area (Å²) in [5.74, 6) is 0. The van der Waals surface area contributed by atoms with Crippen LogP contribution in [-0.2, 0) is 6.54 Å². The van der Waals surface area contributed by atoms with Gasteiger partial charge in [0.25, 0.3) is 0 Å². The van der Waals surface area contributed by atoms with E-state index in [1.807, 2.05) is 30.3 Å². The van der Waals surface area contributed by atoms with Crippen LogP contribution in [-0.4, -0.2) is 23.4 Å². The van der Waals surface area contributed by atoms with Gasteiger partial charge < -0.3 is 10.4 Å². The van der Waals surface area contributed by atoms with E-state index in [0.29, 0.717) is 6.54 Å². The summed E-state index contributed by atoms with van der Waals surface area (Å²) in [5.41, 5.74) is 0.360. The van der Waals surface area contributed by atoms with E-state index in [0.717, 1.165) is 5.56 Å². The van der Waals surface area contributed by atoms with Crippen molar-refractivity contribution in [3.8, 4) is 0 Å². The molecule has 0 saturated carbocycles. The molecule has 0 aromatic heterocycles. The molecule has 0 saturated heterocycles. The Labute approximate surface area is 111 Å². The van der Waals surface area contributed by atoms with E-state index in [-0.39, 0.29) is 19.4 Å². The maximum absolute atomic E-state index is 12.1. The number of nitrogens with one attached hydrogen (secondary N) is 1. The summed E-state index contributed by atoms with van der Waals surface area (Å²) in [6.07, 6.45) is -4.64. The SMILES string of the molecule is CC(CO)(CCCC(F)(F)F)NCc1ccccc1. The van der Waals surface area contributed by atoms with E-state index < -0.39 is 18.1 Å². The van der Waals surface area contributed by atoms with Crippen LogP contribution < -0.4 is 5.32 Å². The average Bonchev–Trinajstić information content (AvgIpc) is 2.36. The van der Waals surface area contributed by atoms with Gasteiger partial charge in [-0.15, -0.1) is 0 Å². The standard InChI is InChI=1S/C14H20F3NO/c1-13(11-19,8-5-9-14(15,16)17)18-10-12-6-3-2-4-7-12/h2-4,6-7,18-19H,5,8-11H2,1H3. The molecular weight excluding hydrogens is 255 g/mol. The Bertz CT molecular complexity index is 367. The Morgan fingerprint density at radius 3 is 2.26 bits per heavy atom. The van der Waals surface area contributed by atoms with Gasteiger partial charge in [-0.3, -0.25) is 0 Å². The van der Waals surface area contributed by atoms with Crippen LogP contribution >= 0.6 is 0 Å². The van der Waals surface area contributed by atoms with Gasteiger partial charge in [-0.2, -0.15) is 13.2 Å². The smallest absolute Gasteiger partial charge is 0.389 e. The van der Waals surface area contributed by atoms with E-state index in [1.54, 1.807) is 6.92 Å². The first kappa shape index (κ1) is 16.0. The Kier molecular flexibility index (Phi) is 5.82. The molecule has 2 nitrogen and oxygen atoms in total. The summed E-state index contributed by atoms with van der Waals surface area (Å²) in [6, 6.07) is 9.56. The van der Waals surface area contributed by atoms with Gasteiger partial charge in [-0.1, -0.05) is 30.3 Å². The lowest BCUT2D eigenvalue weighted by molar-refractivity contribution is -0.136. The van der Waals surface area contributed by atoms with Gasteiger partial charge in [-0.05, 0) is 25.3 Å². The van der Waals surface area contributed by atoms with Crippen LogP contribution in [0.1, 0.15) is 31.7 Å². The molecular formula is C14H20F3NO. The van der Waals surface area contributed by atoms with Gasteiger partial charge in [0.2, 0.25) is 0 Å². The number of aliphatic hydroxyl groups excluding tert-OH is 1. The lowest BCUT2D eigenvalue weighted by Crippen LogP contribution is -2.45. The molecule has 1 unspecified atom stereocenters. The number of rotatable bonds is 7. The molecule has 0 aliphatic carbocycles. The van der Waals surface area contributed by atoms with Gasteiger partial charge in [-0.25, -0.2) is 0 Å². The van der Waals surface area contributed by atoms with Crippen molar-refractivity contribution in [1.82, 2.24) is 5.32 Å². The predicted molar refractivity (Wildman–Crippen MR) is 68.7 cm³/mol. The highest BCUT2D eigenvalue weighted by Crippen LogP contribution is 2.25. The molecule has 1 rings (SSSR count). The van der Waals surface area contributed by atoms with E-state index in [1.165, 1.54) is 0 Å². The maximum atomic E-state index is 12.1. The molecule has 1 aromatic carbocycles. The summed E-state index contributed by atoms with van der Waals surface area (Å²) in [4.78, 5) is 0. The Balaban J connectivity index is 2.42. The number of alkyl halides is 3. The fraction of sp³-hybridized carbons (Fsp3) is 0.571. The van der Waals surface area contributed by atoms with Gasteiger partial charge in [0.15, 0.2) is 0 Å². The first-order valence-corrected chi connectivity index (χ1v) is 6.31. The van der Waals surface area contributed by atoms with Crippen LogP contribution in [0, 0.1) is 0 Å². The molecule has 0 spiro atoms. The third-order valence-electron chi connectivity index (χ3n) is 3.10. The van der Waals surface area contributed by atoms with Crippen molar-refractivity contribution in [2.24, 2.45) is 0 Å². The number of halogens is 3. The van der Waals surface area contributed by atoms with E-state index in [9.17, 15) is 18.3 Å². The summed E-state index contributed by atoms with van der Waals surface area (Å²) in [5, 5.41) is 12.5. The molecule has 5 heteroatoms. The van der Waals surface area contributed by atoms with E-state index >= 15 is 0 Å². The topological polar surface area (TPSA) is 32.3 Å². The summed E-state index contributed by atoms with van der Waals surface area (Å²) < 4.78 is 36.3. The van der Waals surface area contributed by atoms with Crippen molar-refractivity contribution in [1.29, 1.82) is 0 Å². The quantitative estimate of drug-likeness (QED) is 0.800. The normalized spacial score (nSPS) is 15.2. The average molecular weight is 275 g/mol. The number of aliphatic hydroxyl groups is 1. The van der Waals surface area contributed by atoms with Crippen molar-refractivity contribution < 1.29 is 18.3 Å². The summed E-state index contributed by atoms with van der Waals surface area (Å²) in [6.45, 7) is 2.09. The molecule has 0 heterocycles. The van der Waals surface area contributed by atoms with Crippen molar-refractivity contribution in [3.63, 3.8) is 0 Å². The Morgan fingerprint density at radius 1 is 1.11 bits per heavy atom. The second kappa shape index (κ2) is 6.91. The van der Waals surface area contributed by atoms with Crippen LogP contribution in [0.3, 0.4) is 0 Å². The zero-order valence-electron chi connectivity index (χ0n) is 11.0. The van der Waals surface area contributed by atoms with Crippen LogP contribution in [0.5, 0.6) is 0 Å². The largest absolute Gasteiger partial charge is 0.394 e. The summed E-state index contributed by atoms with van der Waals surface area (Å²) >= 11 is 0. The molecule has 2 N–H and O–H groups in total. The van der Waals surface area contributed by atoms with Gasteiger partial charge in [0.05, 0.1) is 6.61 Å². The van der Waals surface area contributed by atoms with Crippen LogP contribution in [0.2, 0.25) is 0 Å². The predicted octanol–water partition coefficient (Wildman–Crippen LogP) is 3.26. The molecule has 0 bridgehead atoms. The zero-order chi connectivity index (χ0) is 14.4. The Morgan fingerprint density at radius 2 is 1.74 bits per heavy atom. The molecule has 19 heavy (non-hydrogen) atoms. The number of benzene rings is 1. The second-order valence-electron chi connectivity index (χ2n) is 5.03. The fourth-order valence-corrected chi connectivity index (χ4v) is 1.81. The van der Waals surface area contributed by atoms with Crippen LogP contribution in [0.15, 0.2) is 30.3 Å². The summed E-state index contributed by atoms with van der Waals surface area (Å²) in [7, 11) is 0. The molecule has 0 fully saturated rings. The molecule has 0 radical (unpaired) electrons. The number of hydrogen-bond acceptors (Lipinski definition) is 2. The monoisotopic (exact) mass is 275 g/mol. The molecule has 0 aliphatic rings. The first-order valence-electron chi connectivity index (χ1n) is 6.31. The molecule has 0 aliphatic heterocycles. The highest BCUT2D eigenvalue weighted by molar-refractivity contribution is 5.14. The minimum absolute atomic E-state index is 0.0162. The van der Waals surface area contributed by atoms with Gasteiger partial charge in [0, 0.05) is 18.5 Å². The number of hydrogen-bond donors (Lipinski definition) is 2. The fourth-order valence-electron chi connectivity index (χ4n) is 1.81. The minimum Gasteiger partial charge on any atom is -0.394 e. The van der Waals surface area contributed by atoms with E-state index in [4.69, 9.17) is 0 Å². The highest BCUT2D eigenvalue weighted by atomic mass is 19.4. The lowest BCUT2D eigenvalue weighted by atomic mass is 9.95. The van der Waals surface area contributed by atoms with Crippen molar-refractivity contribution in [2.45, 2.75) is 44.4 Å². The molecule has 1 aromatic rings. The first-order chi connectivity index (χ1) is 8.85. The van der Waals surface area contributed by atoms with Gasteiger partial charge in [0.1, 0.15) is 0 Å². The molecule has 0 amide bonds. The third kappa shape index (κ3) is 6.59. The highest BCUT2D eigenvalue weighted by Gasteiger charge is 2.29. The molecule has 108 valence electrons. The third-order valence-corrected chi connectivity index (χ3v) is 3.10. The molecule has 1 atom stereocenters. The maximum Gasteiger partial charge on any atom is 0.389 e. The Hall–Kier alpha value is -1.07. The van der Waals surface area contributed by atoms with Gasteiger partial charge >= 0.3 is 6.18 Å². The second-order valence-corrected chi connectivity index (χ2v) is 5.03. The van der Waals surface area contributed by atoms with Crippen molar-refractivity contribution in [3.05, 3.63) is 35.9 Å². The minimum atomic E-state index is -4.13. The van der Waals surface area contributed by atoms with Crippen LogP contribution in [0.4, 0.5) is 13.2 Å². The zero-order valence-corrected chi connectivity index (χ0v) is 11.0. The van der Waals surface area contributed by atoms with Crippen molar-refractivity contribution >= 4 is 0 Å². The van der Waals surface area contributed by atoms with E-state index in [2.05, 4.69) is 5.32 Å².